The summed E-state index contributed by atoms with van der Waals surface area (Å²) in [6, 6.07) is 20.4. The number of halogens is 1. The molecule has 0 saturated heterocycles. The number of aryl methyl sites for hydroxylation is 1. The van der Waals surface area contributed by atoms with Gasteiger partial charge in [0.1, 0.15) is 6.54 Å². The summed E-state index contributed by atoms with van der Waals surface area (Å²) in [7, 11) is -3.95. The minimum Gasteiger partial charge on any atom is -0.325 e. The molecule has 1 N–H and O–H groups in total. The second-order valence-electron chi connectivity index (χ2n) is 7.63. The molecule has 3 aromatic rings. The van der Waals surface area contributed by atoms with Gasteiger partial charge in [-0.25, -0.2) is 8.42 Å². The first-order valence-corrected chi connectivity index (χ1v) is 11.7. The van der Waals surface area contributed by atoms with Crippen LogP contribution in [0.5, 0.6) is 0 Å². The number of carbonyl (C=O) groups excluding carboxylic acids is 1. The smallest absolute Gasteiger partial charge is 0.264 e. The molecule has 3 aromatic carbocycles. The molecule has 0 aromatic heterocycles. The number of sulfonamides is 1. The van der Waals surface area contributed by atoms with Gasteiger partial charge in [0.15, 0.2) is 0 Å². The highest BCUT2D eigenvalue weighted by molar-refractivity contribution is 7.92. The summed E-state index contributed by atoms with van der Waals surface area (Å²) in [5.41, 5.74) is 3.00. The number of anilines is 2. The van der Waals surface area contributed by atoms with E-state index >= 15 is 0 Å². The predicted octanol–water partition coefficient (Wildman–Crippen LogP) is 5.61. The zero-order valence-electron chi connectivity index (χ0n) is 17.7. The van der Waals surface area contributed by atoms with Crippen LogP contribution < -0.4 is 9.62 Å². The van der Waals surface area contributed by atoms with Crippen LogP contribution in [0.3, 0.4) is 0 Å². The molecule has 0 bridgehead atoms. The Morgan fingerprint density at radius 3 is 2.06 bits per heavy atom. The van der Waals surface area contributed by atoms with Gasteiger partial charge in [-0.05, 0) is 66.9 Å². The van der Waals surface area contributed by atoms with E-state index in [1.807, 2.05) is 19.1 Å². The molecule has 0 spiro atoms. The average Bonchev–Trinajstić information content (AvgIpc) is 2.74. The molecular weight excluding hydrogens is 432 g/mol. The maximum Gasteiger partial charge on any atom is 0.264 e. The van der Waals surface area contributed by atoms with E-state index in [4.69, 9.17) is 11.6 Å². The molecule has 0 aliphatic heterocycles. The second-order valence-corrected chi connectivity index (χ2v) is 9.92. The zero-order chi connectivity index (χ0) is 22.6. The van der Waals surface area contributed by atoms with Crippen LogP contribution in [0.2, 0.25) is 5.02 Å². The van der Waals surface area contributed by atoms with Crippen LogP contribution in [0.4, 0.5) is 11.4 Å². The Kier molecular flexibility index (Phi) is 7.03. The van der Waals surface area contributed by atoms with Gasteiger partial charge in [-0.15, -0.1) is 0 Å². The van der Waals surface area contributed by atoms with Crippen molar-refractivity contribution in [3.05, 3.63) is 88.9 Å². The minimum atomic E-state index is -3.95. The van der Waals surface area contributed by atoms with Crippen molar-refractivity contribution in [2.24, 2.45) is 0 Å². The number of nitrogens with zero attached hydrogens (tertiary/aromatic N) is 1. The molecule has 31 heavy (non-hydrogen) atoms. The molecule has 0 aliphatic carbocycles. The Bertz CT molecular complexity index is 1140. The first-order valence-electron chi connectivity index (χ1n) is 9.91. The second kappa shape index (κ2) is 9.54. The number of hydrogen-bond acceptors (Lipinski definition) is 3. The fraction of sp³-hybridized carbons (Fsp3) is 0.208. The van der Waals surface area contributed by atoms with Crippen LogP contribution in [0.25, 0.3) is 0 Å². The molecule has 0 aliphatic rings. The van der Waals surface area contributed by atoms with Crippen LogP contribution in [0.1, 0.15) is 30.9 Å². The Morgan fingerprint density at radius 1 is 0.935 bits per heavy atom. The maximum absolute atomic E-state index is 13.4. The molecule has 3 rings (SSSR count). The highest BCUT2D eigenvalue weighted by Crippen LogP contribution is 2.26. The molecule has 0 atom stereocenters. The van der Waals surface area contributed by atoms with Gasteiger partial charge in [0.2, 0.25) is 5.91 Å². The fourth-order valence-electron chi connectivity index (χ4n) is 3.04. The van der Waals surface area contributed by atoms with Gasteiger partial charge < -0.3 is 5.32 Å². The number of nitrogens with one attached hydrogen (secondary N) is 1. The molecule has 162 valence electrons. The van der Waals surface area contributed by atoms with Gasteiger partial charge in [-0.1, -0.05) is 55.3 Å². The SMILES string of the molecule is Cc1ccc(S(=O)(=O)N(CC(=O)Nc2ccc(Cl)cc2)c2ccc(C(C)C)cc2)cc1. The van der Waals surface area contributed by atoms with E-state index in [-0.39, 0.29) is 11.4 Å². The lowest BCUT2D eigenvalue weighted by molar-refractivity contribution is -0.114. The molecule has 0 radical (unpaired) electrons. The summed E-state index contributed by atoms with van der Waals surface area (Å²) in [4.78, 5) is 12.9. The quantitative estimate of drug-likeness (QED) is 0.502. The summed E-state index contributed by atoms with van der Waals surface area (Å²) in [5.74, 6) is -0.143. The van der Waals surface area contributed by atoms with E-state index in [2.05, 4.69) is 19.2 Å². The Balaban J connectivity index is 1.94. The molecule has 0 unspecified atom stereocenters. The Hall–Kier alpha value is -2.83. The maximum atomic E-state index is 13.4. The van der Waals surface area contributed by atoms with Gasteiger partial charge >= 0.3 is 0 Å². The standard InChI is InChI=1S/C24H25ClN2O3S/c1-17(2)19-6-12-22(13-7-19)27(31(29,30)23-14-4-18(3)5-15-23)16-24(28)26-21-10-8-20(25)9-11-21/h4-15,17H,16H2,1-3H3,(H,26,28). The number of amides is 1. The third-order valence-electron chi connectivity index (χ3n) is 4.87. The van der Waals surface area contributed by atoms with E-state index in [0.29, 0.717) is 22.3 Å². The lowest BCUT2D eigenvalue weighted by Crippen LogP contribution is -2.38. The number of hydrogen-bond donors (Lipinski definition) is 1. The molecule has 0 fully saturated rings. The van der Waals surface area contributed by atoms with Crippen molar-refractivity contribution < 1.29 is 13.2 Å². The zero-order valence-corrected chi connectivity index (χ0v) is 19.2. The third-order valence-corrected chi connectivity index (χ3v) is 6.91. The van der Waals surface area contributed by atoms with E-state index in [9.17, 15) is 13.2 Å². The fourth-order valence-corrected chi connectivity index (χ4v) is 4.59. The van der Waals surface area contributed by atoms with Crippen LogP contribution >= 0.6 is 11.6 Å². The van der Waals surface area contributed by atoms with Crippen LogP contribution in [0, 0.1) is 6.92 Å². The monoisotopic (exact) mass is 456 g/mol. The van der Waals surface area contributed by atoms with Crippen molar-refractivity contribution in [3.63, 3.8) is 0 Å². The average molecular weight is 457 g/mol. The van der Waals surface area contributed by atoms with Gasteiger partial charge in [-0.3, -0.25) is 9.10 Å². The van der Waals surface area contributed by atoms with E-state index < -0.39 is 15.9 Å². The molecule has 0 heterocycles. The van der Waals surface area contributed by atoms with Crippen molar-refractivity contribution in [1.82, 2.24) is 0 Å². The summed E-state index contributed by atoms with van der Waals surface area (Å²) >= 11 is 5.89. The van der Waals surface area contributed by atoms with Crippen LogP contribution in [-0.4, -0.2) is 20.9 Å². The third kappa shape index (κ3) is 5.66. The van der Waals surface area contributed by atoms with Crippen molar-refractivity contribution in [1.29, 1.82) is 0 Å². The topological polar surface area (TPSA) is 66.5 Å². The molecular formula is C24H25ClN2O3S. The molecule has 5 nitrogen and oxygen atoms in total. The van der Waals surface area contributed by atoms with Crippen molar-refractivity contribution >= 4 is 38.9 Å². The van der Waals surface area contributed by atoms with E-state index in [1.165, 1.54) is 0 Å². The lowest BCUT2D eigenvalue weighted by atomic mass is 10.0. The van der Waals surface area contributed by atoms with Gasteiger partial charge in [0, 0.05) is 10.7 Å². The predicted molar refractivity (Wildman–Crippen MR) is 126 cm³/mol. The lowest BCUT2D eigenvalue weighted by Gasteiger charge is -2.24. The highest BCUT2D eigenvalue weighted by atomic mass is 35.5. The number of carbonyl (C=O) groups is 1. The van der Waals surface area contributed by atoms with Gasteiger partial charge in [0.25, 0.3) is 10.0 Å². The molecule has 1 amide bonds. The van der Waals surface area contributed by atoms with Gasteiger partial charge in [0.05, 0.1) is 10.6 Å². The molecule has 0 saturated carbocycles. The van der Waals surface area contributed by atoms with E-state index in [0.717, 1.165) is 15.4 Å². The van der Waals surface area contributed by atoms with Crippen molar-refractivity contribution in [3.8, 4) is 0 Å². The van der Waals surface area contributed by atoms with Crippen molar-refractivity contribution in [2.45, 2.75) is 31.6 Å². The van der Waals surface area contributed by atoms with Crippen molar-refractivity contribution in [2.75, 3.05) is 16.2 Å². The largest absolute Gasteiger partial charge is 0.325 e. The first kappa shape index (κ1) is 22.8. The Morgan fingerprint density at radius 2 is 1.52 bits per heavy atom. The van der Waals surface area contributed by atoms with Gasteiger partial charge in [-0.2, -0.15) is 0 Å². The first-order chi connectivity index (χ1) is 14.7. The molecule has 7 heteroatoms. The van der Waals surface area contributed by atoms with Crippen LogP contribution in [-0.2, 0) is 14.8 Å². The normalized spacial score (nSPS) is 11.4. The number of rotatable bonds is 7. The summed E-state index contributed by atoms with van der Waals surface area (Å²) < 4.78 is 28.0. The summed E-state index contributed by atoms with van der Waals surface area (Å²) in [6.07, 6.45) is 0. The Labute approximate surface area is 188 Å². The summed E-state index contributed by atoms with van der Waals surface area (Å²) in [5, 5.41) is 3.28. The summed E-state index contributed by atoms with van der Waals surface area (Å²) in [6.45, 7) is 5.66. The number of benzene rings is 3. The highest BCUT2D eigenvalue weighted by Gasteiger charge is 2.27. The minimum absolute atomic E-state index is 0.130. The van der Waals surface area contributed by atoms with Crippen LogP contribution in [0.15, 0.2) is 77.7 Å². The van der Waals surface area contributed by atoms with E-state index in [1.54, 1.807) is 60.7 Å².